The van der Waals surface area contributed by atoms with Gasteiger partial charge in [0.2, 0.25) is 5.91 Å². The molecule has 1 N–H and O–H groups in total. The van der Waals surface area contributed by atoms with E-state index >= 15 is 0 Å². The first-order valence-corrected chi connectivity index (χ1v) is 5.57. The van der Waals surface area contributed by atoms with Crippen molar-refractivity contribution < 1.29 is 14.7 Å². The molecule has 0 bridgehead atoms. The summed E-state index contributed by atoms with van der Waals surface area (Å²) in [6, 6.07) is 0. The highest BCUT2D eigenvalue weighted by molar-refractivity contribution is 5.86. The lowest BCUT2D eigenvalue weighted by Crippen LogP contribution is -2.44. The lowest BCUT2D eigenvalue weighted by atomic mass is 10.2. The van der Waals surface area contributed by atoms with Gasteiger partial charge in [-0.05, 0) is 12.8 Å². The van der Waals surface area contributed by atoms with E-state index in [4.69, 9.17) is 5.11 Å². The molecule has 1 aliphatic heterocycles. The summed E-state index contributed by atoms with van der Waals surface area (Å²) in [5, 5.41) is 16.2. The van der Waals surface area contributed by atoms with Gasteiger partial charge in [-0.1, -0.05) is 12.1 Å². The van der Waals surface area contributed by atoms with E-state index in [1.165, 1.54) is 4.68 Å². The highest BCUT2D eigenvalue weighted by Crippen LogP contribution is 2.10. The van der Waals surface area contributed by atoms with Crippen LogP contribution in [0.1, 0.15) is 29.5 Å². The minimum absolute atomic E-state index is 0.0345. The van der Waals surface area contributed by atoms with Crippen molar-refractivity contribution in [3.05, 3.63) is 11.4 Å². The molecule has 7 heteroatoms. The summed E-state index contributed by atoms with van der Waals surface area (Å²) < 4.78 is 1.38. The fraction of sp³-hybridized carbons (Fsp3) is 0.600. The zero-order valence-electron chi connectivity index (χ0n) is 9.59. The minimum atomic E-state index is -1.11. The van der Waals surface area contributed by atoms with Crippen molar-refractivity contribution >= 4 is 11.9 Å². The normalized spacial score (nSPS) is 14.5. The summed E-state index contributed by atoms with van der Waals surface area (Å²) >= 11 is 0. The monoisotopic (exact) mass is 238 g/mol. The molecular formula is C10H14N4O3. The zero-order valence-corrected chi connectivity index (χ0v) is 9.59. The molecule has 0 aliphatic carbocycles. The largest absolute Gasteiger partial charge is 0.476 e. The van der Waals surface area contributed by atoms with Crippen molar-refractivity contribution in [3.63, 3.8) is 0 Å². The summed E-state index contributed by atoms with van der Waals surface area (Å²) in [6.07, 6.45) is 1.52. The van der Waals surface area contributed by atoms with Crippen LogP contribution in [0.15, 0.2) is 0 Å². The van der Waals surface area contributed by atoms with Crippen molar-refractivity contribution in [3.8, 4) is 0 Å². The Bertz CT molecular complexity index is 450. The minimum Gasteiger partial charge on any atom is -0.476 e. The van der Waals surface area contributed by atoms with E-state index in [2.05, 4.69) is 10.3 Å². The molecule has 2 heterocycles. The van der Waals surface area contributed by atoms with E-state index < -0.39 is 5.97 Å². The Balaban J connectivity index is 2.14. The summed E-state index contributed by atoms with van der Waals surface area (Å²) in [4.78, 5) is 24.3. The van der Waals surface area contributed by atoms with Gasteiger partial charge < -0.3 is 10.0 Å². The first kappa shape index (κ1) is 11.6. The average Bonchev–Trinajstić information content (AvgIpc) is 2.57. The van der Waals surface area contributed by atoms with Crippen LogP contribution < -0.4 is 0 Å². The van der Waals surface area contributed by atoms with Gasteiger partial charge in [0.1, 0.15) is 6.54 Å². The number of carbonyl (C=O) groups is 2. The molecule has 92 valence electrons. The molecule has 0 atom stereocenters. The number of aromatic nitrogens is 3. The predicted molar refractivity (Wildman–Crippen MR) is 57.6 cm³/mol. The lowest BCUT2D eigenvalue weighted by Gasteiger charge is -2.30. The highest BCUT2D eigenvalue weighted by Gasteiger charge is 2.23. The summed E-state index contributed by atoms with van der Waals surface area (Å²) in [7, 11) is 0. The molecule has 1 amide bonds. The molecule has 0 spiro atoms. The first-order valence-electron chi connectivity index (χ1n) is 5.57. The second-order valence-corrected chi connectivity index (χ2v) is 3.94. The number of rotatable bonds is 4. The van der Waals surface area contributed by atoms with E-state index in [-0.39, 0.29) is 18.1 Å². The zero-order chi connectivity index (χ0) is 12.4. The van der Waals surface area contributed by atoms with Gasteiger partial charge in [0.05, 0.1) is 5.69 Å². The highest BCUT2D eigenvalue weighted by atomic mass is 16.4. The van der Waals surface area contributed by atoms with Crippen molar-refractivity contribution in [1.82, 2.24) is 19.9 Å². The van der Waals surface area contributed by atoms with Crippen LogP contribution in [0.25, 0.3) is 0 Å². The summed E-state index contributed by atoms with van der Waals surface area (Å²) in [6.45, 7) is 3.45. The molecule has 7 nitrogen and oxygen atoms in total. The van der Waals surface area contributed by atoms with Crippen LogP contribution in [0.2, 0.25) is 0 Å². The van der Waals surface area contributed by atoms with Crippen LogP contribution >= 0.6 is 0 Å². The number of nitrogens with zero attached hydrogens (tertiary/aromatic N) is 4. The van der Waals surface area contributed by atoms with Crippen molar-refractivity contribution in [1.29, 1.82) is 0 Å². The quantitative estimate of drug-likeness (QED) is 0.782. The second kappa shape index (κ2) is 4.52. The topological polar surface area (TPSA) is 88.3 Å². The molecule has 0 aromatic carbocycles. The van der Waals surface area contributed by atoms with E-state index in [1.807, 2.05) is 6.92 Å². The van der Waals surface area contributed by atoms with Gasteiger partial charge in [-0.2, -0.15) is 0 Å². The number of carboxylic acid groups (broad SMARTS) is 1. The van der Waals surface area contributed by atoms with E-state index in [0.717, 1.165) is 19.5 Å². The lowest BCUT2D eigenvalue weighted by molar-refractivity contribution is -0.135. The maximum atomic E-state index is 11.7. The van der Waals surface area contributed by atoms with Crippen LogP contribution in [0.5, 0.6) is 0 Å². The van der Waals surface area contributed by atoms with E-state index in [0.29, 0.717) is 12.1 Å². The molecule has 2 rings (SSSR count). The van der Waals surface area contributed by atoms with Gasteiger partial charge in [0, 0.05) is 13.1 Å². The van der Waals surface area contributed by atoms with Gasteiger partial charge in [0.15, 0.2) is 5.69 Å². The Morgan fingerprint density at radius 3 is 2.59 bits per heavy atom. The fourth-order valence-electron chi connectivity index (χ4n) is 1.77. The number of hydrogen-bond acceptors (Lipinski definition) is 4. The molecule has 1 saturated heterocycles. The Labute approximate surface area is 98.0 Å². The SMILES string of the molecule is CCc1c(C(=O)O)nnn1CC(=O)N1CCC1. The number of aromatic carboxylic acids is 1. The summed E-state index contributed by atoms with van der Waals surface area (Å²) in [5.74, 6) is -1.14. The fourth-order valence-corrected chi connectivity index (χ4v) is 1.77. The van der Waals surface area contributed by atoms with Crippen LogP contribution in [0, 0.1) is 0 Å². The standard InChI is InChI=1S/C10H14N4O3/c1-2-7-9(10(16)17)11-12-14(7)6-8(15)13-4-3-5-13/h2-6H2,1H3,(H,16,17). The number of hydrogen-bond donors (Lipinski definition) is 1. The van der Waals surface area contributed by atoms with E-state index in [1.54, 1.807) is 4.90 Å². The van der Waals surface area contributed by atoms with Gasteiger partial charge >= 0.3 is 5.97 Å². The number of carbonyl (C=O) groups excluding carboxylic acids is 1. The number of carboxylic acids is 1. The van der Waals surface area contributed by atoms with E-state index in [9.17, 15) is 9.59 Å². The molecule has 0 unspecified atom stereocenters. The molecule has 1 fully saturated rings. The maximum Gasteiger partial charge on any atom is 0.358 e. The van der Waals surface area contributed by atoms with Gasteiger partial charge in [-0.25, -0.2) is 9.48 Å². The Hall–Kier alpha value is -1.92. The maximum absolute atomic E-state index is 11.7. The number of likely N-dealkylation sites (tertiary alicyclic amines) is 1. The Morgan fingerprint density at radius 1 is 1.41 bits per heavy atom. The molecule has 1 aliphatic rings. The molecule has 1 aromatic heterocycles. The van der Waals surface area contributed by atoms with Crippen LogP contribution in [-0.2, 0) is 17.8 Å². The Morgan fingerprint density at radius 2 is 2.12 bits per heavy atom. The molecular weight excluding hydrogens is 224 g/mol. The van der Waals surface area contributed by atoms with Gasteiger partial charge in [-0.15, -0.1) is 5.10 Å². The molecule has 1 aromatic rings. The third-order valence-corrected chi connectivity index (χ3v) is 2.87. The Kier molecular flexibility index (Phi) is 3.08. The number of amides is 1. The smallest absolute Gasteiger partial charge is 0.358 e. The molecule has 17 heavy (non-hydrogen) atoms. The van der Waals surface area contributed by atoms with Gasteiger partial charge in [-0.3, -0.25) is 4.79 Å². The molecule has 0 radical (unpaired) electrons. The van der Waals surface area contributed by atoms with Gasteiger partial charge in [0.25, 0.3) is 0 Å². The van der Waals surface area contributed by atoms with Crippen LogP contribution in [0.4, 0.5) is 0 Å². The summed E-state index contributed by atoms with van der Waals surface area (Å²) in [5.41, 5.74) is 0.426. The van der Waals surface area contributed by atoms with Crippen LogP contribution in [0.3, 0.4) is 0 Å². The third kappa shape index (κ3) is 2.13. The van der Waals surface area contributed by atoms with Crippen molar-refractivity contribution in [2.45, 2.75) is 26.3 Å². The average molecular weight is 238 g/mol. The molecule has 0 saturated carbocycles. The van der Waals surface area contributed by atoms with Crippen molar-refractivity contribution in [2.75, 3.05) is 13.1 Å². The first-order chi connectivity index (χ1) is 8.13. The predicted octanol–water partition coefficient (Wildman–Crippen LogP) is -0.229. The van der Waals surface area contributed by atoms with Crippen LogP contribution in [-0.4, -0.2) is 50.0 Å². The third-order valence-electron chi connectivity index (χ3n) is 2.87. The second-order valence-electron chi connectivity index (χ2n) is 3.94. The van der Waals surface area contributed by atoms with Crippen molar-refractivity contribution in [2.24, 2.45) is 0 Å².